The Bertz CT molecular complexity index is 1130. The molecular weight excluding hydrogens is 342 g/mol. The molecule has 27 heavy (non-hydrogen) atoms. The molecule has 2 aromatic carbocycles. The molecule has 2 amide bonds. The number of imidazole rings is 1. The number of hydrogen-bond acceptors (Lipinski definition) is 3. The highest BCUT2D eigenvalue weighted by Crippen LogP contribution is 2.19. The number of aromatic nitrogens is 3. The molecule has 0 spiro atoms. The van der Waals surface area contributed by atoms with Crippen molar-refractivity contribution in [3.63, 3.8) is 0 Å². The molecule has 0 aliphatic rings. The molecule has 0 radical (unpaired) electrons. The number of H-pyrrole nitrogens is 1. The summed E-state index contributed by atoms with van der Waals surface area (Å²) < 4.78 is 1.57. The molecule has 0 bridgehead atoms. The average Bonchev–Trinajstić information content (AvgIpc) is 3.26. The number of aromatic amines is 1. The molecule has 4 aromatic rings. The van der Waals surface area contributed by atoms with Gasteiger partial charge in [0.15, 0.2) is 0 Å². The molecule has 1 unspecified atom stereocenters. The molecule has 3 N–H and O–H groups in total. The summed E-state index contributed by atoms with van der Waals surface area (Å²) in [7, 11) is 0. The van der Waals surface area contributed by atoms with Crippen molar-refractivity contribution in [1.29, 1.82) is 0 Å². The monoisotopic (exact) mass is 361 g/mol. The molecule has 2 heterocycles. The summed E-state index contributed by atoms with van der Waals surface area (Å²) in [5.74, 6) is -0.566. The van der Waals surface area contributed by atoms with E-state index in [1.807, 2.05) is 54.7 Å². The second-order valence-corrected chi connectivity index (χ2v) is 6.40. The minimum Gasteiger partial charge on any atom is -0.361 e. The molecule has 4 rings (SSSR count). The number of rotatable bonds is 5. The number of nitrogens with zero attached hydrogens (tertiary/aromatic N) is 2. The quantitative estimate of drug-likeness (QED) is 0.509. The topological polar surface area (TPSA) is 91.8 Å². The number of carbonyl (C=O) groups excluding carboxylic acids is 2. The highest BCUT2D eigenvalue weighted by atomic mass is 16.2. The highest BCUT2D eigenvalue weighted by molar-refractivity contribution is 5.94. The lowest BCUT2D eigenvalue weighted by molar-refractivity contribution is -0.125. The number of nitrogens with one attached hydrogen (secondary N) is 3. The smallest absolute Gasteiger partial charge is 0.261 e. The van der Waals surface area contributed by atoms with Gasteiger partial charge in [-0.3, -0.25) is 15.0 Å². The Balaban J connectivity index is 1.59. The molecule has 0 aliphatic heterocycles. The minimum absolute atomic E-state index is 0.259. The molecule has 0 aliphatic carbocycles. The van der Waals surface area contributed by atoms with Crippen LogP contribution in [0, 0.1) is 0 Å². The Hall–Kier alpha value is -3.61. The molecule has 136 valence electrons. The molecular formula is C20H19N5O2. The van der Waals surface area contributed by atoms with E-state index in [9.17, 15) is 9.59 Å². The Labute approximate surface area is 155 Å². The maximum atomic E-state index is 12.9. The Morgan fingerprint density at radius 1 is 1.15 bits per heavy atom. The van der Waals surface area contributed by atoms with E-state index in [2.05, 4.69) is 20.7 Å². The molecule has 0 saturated carbocycles. The van der Waals surface area contributed by atoms with Gasteiger partial charge in [0, 0.05) is 30.4 Å². The van der Waals surface area contributed by atoms with Crippen LogP contribution in [0.4, 0.5) is 0 Å². The first-order chi connectivity index (χ1) is 13.1. The summed E-state index contributed by atoms with van der Waals surface area (Å²) in [4.78, 5) is 32.0. The normalized spacial score (nSPS) is 12.2. The number of fused-ring (bicyclic) bond motifs is 2. The standard InChI is InChI=1S/C20H19N5O2/c1-13(26)23-18(10-14-11-21-16-7-3-2-6-15(14)16)20(27)24-25-12-22-17-8-4-5-9-19(17)25/h2-9,11-12,18,21H,10H2,1H3,(H,23,26)(H,24,27). The van der Waals surface area contributed by atoms with Crippen molar-refractivity contribution in [3.8, 4) is 0 Å². The van der Waals surface area contributed by atoms with Crippen molar-refractivity contribution >= 4 is 33.8 Å². The summed E-state index contributed by atoms with van der Waals surface area (Å²) in [6.07, 6.45) is 3.81. The number of hydrogen-bond donors (Lipinski definition) is 3. The lowest BCUT2D eigenvalue weighted by Crippen LogP contribution is -2.46. The third kappa shape index (κ3) is 3.39. The minimum atomic E-state index is -0.706. The van der Waals surface area contributed by atoms with E-state index in [-0.39, 0.29) is 11.8 Å². The maximum absolute atomic E-state index is 12.9. The molecule has 7 nitrogen and oxygen atoms in total. The maximum Gasteiger partial charge on any atom is 0.261 e. The fourth-order valence-electron chi connectivity index (χ4n) is 3.22. The van der Waals surface area contributed by atoms with Crippen LogP contribution in [0.25, 0.3) is 21.9 Å². The largest absolute Gasteiger partial charge is 0.361 e. The van der Waals surface area contributed by atoms with Crippen molar-refractivity contribution in [2.75, 3.05) is 5.43 Å². The van der Waals surface area contributed by atoms with E-state index in [4.69, 9.17) is 0 Å². The summed E-state index contributed by atoms with van der Waals surface area (Å²) in [5, 5.41) is 3.78. The van der Waals surface area contributed by atoms with Gasteiger partial charge in [0.05, 0.1) is 11.0 Å². The number of carbonyl (C=O) groups is 2. The molecule has 0 fully saturated rings. The molecule has 0 saturated heterocycles. The van der Waals surface area contributed by atoms with Crippen molar-refractivity contribution in [1.82, 2.24) is 20.0 Å². The van der Waals surface area contributed by atoms with Gasteiger partial charge in [-0.05, 0) is 23.8 Å². The summed E-state index contributed by atoms with van der Waals surface area (Å²) in [6, 6.07) is 14.7. The predicted octanol–water partition coefficient (Wildman–Crippen LogP) is 2.34. The van der Waals surface area contributed by atoms with E-state index in [1.54, 1.807) is 11.0 Å². The van der Waals surface area contributed by atoms with Gasteiger partial charge in [-0.2, -0.15) is 0 Å². The van der Waals surface area contributed by atoms with Crippen LogP contribution < -0.4 is 10.7 Å². The average molecular weight is 361 g/mol. The van der Waals surface area contributed by atoms with Crippen LogP contribution in [-0.2, 0) is 16.0 Å². The van der Waals surface area contributed by atoms with Gasteiger partial charge in [0.2, 0.25) is 5.91 Å². The SMILES string of the molecule is CC(=O)NC(Cc1c[nH]c2ccccc12)C(=O)Nn1cnc2ccccc21. The predicted molar refractivity (Wildman–Crippen MR) is 104 cm³/mol. The second-order valence-electron chi connectivity index (χ2n) is 6.40. The van der Waals surface area contributed by atoms with Crippen molar-refractivity contribution in [2.24, 2.45) is 0 Å². The van der Waals surface area contributed by atoms with Gasteiger partial charge >= 0.3 is 0 Å². The van der Waals surface area contributed by atoms with E-state index in [0.717, 1.165) is 27.5 Å². The van der Waals surface area contributed by atoms with Gasteiger partial charge in [0.25, 0.3) is 5.91 Å². The second kappa shape index (κ2) is 6.95. The van der Waals surface area contributed by atoms with Gasteiger partial charge in [-0.25, -0.2) is 9.66 Å². The Kier molecular flexibility index (Phi) is 4.33. The highest BCUT2D eigenvalue weighted by Gasteiger charge is 2.22. The first-order valence-electron chi connectivity index (χ1n) is 8.67. The third-order valence-corrected chi connectivity index (χ3v) is 4.48. The Morgan fingerprint density at radius 3 is 2.78 bits per heavy atom. The van der Waals surface area contributed by atoms with E-state index >= 15 is 0 Å². The summed E-state index contributed by atoms with van der Waals surface area (Å²) in [6.45, 7) is 1.40. The third-order valence-electron chi connectivity index (χ3n) is 4.48. The fourth-order valence-corrected chi connectivity index (χ4v) is 3.22. The molecule has 1 atom stereocenters. The zero-order chi connectivity index (χ0) is 18.8. The summed E-state index contributed by atoms with van der Waals surface area (Å²) in [5.41, 5.74) is 6.36. The molecule has 7 heteroatoms. The first-order valence-corrected chi connectivity index (χ1v) is 8.67. The summed E-state index contributed by atoms with van der Waals surface area (Å²) >= 11 is 0. The molecule has 2 aromatic heterocycles. The van der Waals surface area contributed by atoms with E-state index in [0.29, 0.717) is 6.42 Å². The fraction of sp³-hybridized carbons (Fsp3) is 0.150. The van der Waals surface area contributed by atoms with Crippen molar-refractivity contribution < 1.29 is 9.59 Å². The van der Waals surface area contributed by atoms with Crippen LogP contribution in [0.3, 0.4) is 0 Å². The van der Waals surface area contributed by atoms with Crippen molar-refractivity contribution in [2.45, 2.75) is 19.4 Å². The van der Waals surface area contributed by atoms with E-state index in [1.165, 1.54) is 6.92 Å². The van der Waals surface area contributed by atoms with E-state index < -0.39 is 6.04 Å². The zero-order valence-corrected chi connectivity index (χ0v) is 14.8. The van der Waals surface area contributed by atoms with Gasteiger partial charge in [0.1, 0.15) is 12.4 Å². The first kappa shape index (κ1) is 16.8. The van der Waals surface area contributed by atoms with Gasteiger partial charge in [-0.15, -0.1) is 0 Å². The zero-order valence-electron chi connectivity index (χ0n) is 14.8. The van der Waals surface area contributed by atoms with Crippen LogP contribution >= 0.6 is 0 Å². The van der Waals surface area contributed by atoms with Crippen LogP contribution in [0.15, 0.2) is 61.1 Å². The van der Waals surface area contributed by atoms with Crippen LogP contribution in [0.1, 0.15) is 12.5 Å². The lowest BCUT2D eigenvalue weighted by atomic mass is 10.0. The van der Waals surface area contributed by atoms with Crippen LogP contribution in [0.2, 0.25) is 0 Å². The number of benzene rings is 2. The van der Waals surface area contributed by atoms with Gasteiger partial charge in [-0.1, -0.05) is 30.3 Å². The Morgan fingerprint density at radius 2 is 1.93 bits per heavy atom. The number of para-hydroxylation sites is 3. The lowest BCUT2D eigenvalue weighted by Gasteiger charge is -2.18. The van der Waals surface area contributed by atoms with Crippen LogP contribution in [0.5, 0.6) is 0 Å². The van der Waals surface area contributed by atoms with Crippen molar-refractivity contribution in [3.05, 3.63) is 66.6 Å². The van der Waals surface area contributed by atoms with Gasteiger partial charge < -0.3 is 10.3 Å². The number of amides is 2. The van der Waals surface area contributed by atoms with Crippen LogP contribution in [-0.4, -0.2) is 32.5 Å².